The zero-order chi connectivity index (χ0) is 12.7. The zero-order valence-corrected chi connectivity index (χ0v) is 9.68. The number of benzene rings is 1. The fraction of sp³-hybridized carbons (Fsp3) is 0.214. The van der Waals surface area contributed by atoms with E-state index < -0.39 is 11.8 Å². The van der Waals surface area contributed by atoms with Crippen molar-refractivity contribution in [3.8, 4) is 12.3 Å². The number of terminal acetylenes is 1. The SMILES string of the molecule is C#CC(C)(OC(=O)OCC=C)c1ccccc1. The monoisotopic (exact) mass is 230 g/mol. The number of hydrogen-bond donors (Lipinski definition) is 0. The minimum Gasteiger partial charge on any atom is -0.430 e. The van der Waals surface area contributed by atoms with Crippen molar-refractivity contribution in [1.82, 2.24) is 0 Å². The first kappa shape index (κ1) is 12.9. The van der Waals surface area contributed by atoms with Crippen molar-refractivity contribution >= 4 is 6.16 Å². The van der Waals surface area contributed by atoms with Crippen molar-refractivity contribution in [3.05, 3.63) is 48.6 Å². The van der Waals surface area contributed by atoms with Crippen LogP contribution in [0.3, 0.4) is 0 Å². The van der Waals surface area contributed by atoms with E-state index in [2.05, 4.69) is 12.5 Å². The van der Waals surface area contributed by atoms with Crippen molar-refractivity contribution in [2.45, 2.75) is 12.5 Å². The topological polar surface area (TPSA) is 35.5 Å². The van der Waals surface area contributed by atoms with Crippen LogP contribution in [0.1, 0.15) is 12.5 Å². The summed E-state index contributed by atoms with van der Waals surface area (Å²) in [4.78, 5) is 11.4. The normalized spacial score (nSPS) is 12.9. The number of hydrogen-bond acceptors (Lipinski definition) is 3. The largest absolute Gasteiger partial charge is 0.510 e. The summed E-state index contributed by atoms with van der Waals surface area (Å²) in [5, 5.41) is 0. The van der Waals surface area contributed by atoms with E-state index in [-0.39, 0.29) is 6.61 Å². The second-order valence-corrected chi connectivity index (χ2v) is 3.50. The van der Waals surface area contributed by atoms with E-state index in [1.165, 1.54) is 6.08 Å². The second kappa shape index (κ2) is 5.76. The summed E-state index contributed by atoms with van der Waals surface area (Å²) >= 11 is 0. The summed E-state index contributed by atoms with van der Waals surface area (Å²) in [6, 6.07) is 9.09. The number of rotatable bonds is 4. The van der Waals surface area contributed by atoms with E-state index in [1.807, 2.05) is 18.2 Å². The van der Waals surface area contributed by atoms with Crippen molar-refractivity contribution in [2.24, 2.45) is 0 Å². The lowest BCUT2D eigenvalue weighted by molar-refractivity contribution is 0.00522. The van der Waals surface area contributed by atoms with Crippen molar-refractivity contribution in [3.63, 3.8) is 0 Å². The van der Waals surface area contributed by atoms with E-state index in [0.29, 0.717) is 0 Å². The Bertz CT molecular complexity index is 431. The van der Waals surface area contributed by atoms with Crippen molar-refractivity contribution in [2.75, 3.05) is 6.61 Å². The number of ether oxygens (including phenoxy) is 2. The Morgan fingerprint density at radius 1 is 1.53 bits per heavy atom. The van der Waals surface area contributed by atoms with Gasteiger partial charge in [-0.1, -0.05) is 48.9 Å². The molecule has 0 aliphatic heterocycles. The minimum atomic E-state index is -1.13. The average Bonchev–Trinajstić information content (AvgIpc) is 2.37. The molecule has 0 fully saturated rings. The molecule has 88 valence electrons. The molecule has 3 heteroatoms. The Morgan fingerprint density at radius 3 is 2.71 bits per heavy atom. The van der Waals surface area contributed by atoms with E-state index in [4.69, 9.17) is 15.9 Å². The van der Waals surface area contributed by atoms with Gasteiger partial charge in [-0.05, 0) is 6.92 Å². The van der Waals surface area contributed by atoms with Gasteiger partial charge in [-0.15, -0.1) is 6.42 Å². The molecule has 0 spiro atoms. The Labute approximate surface area is 101 Å². The highest BCUT2D eigenvalue weighted by Crippen LogP contribution is 2.24. The third kappa shape index (κ3) is 3.39. The lowest BCUT2D eigenvalue weighted by Gasteiger charge is -2.23. The average molecular weight is 230 g/mol. The standard InChI is InChI=1S/C14H14O3/c1-4-11-16-13(15)17-14(3,5-2)12-9-7-6-8-10-12/h2,4,6-10H,1,11H2,3H3. The van der Waals surface area contributed by atoms with Gasteiger partial charge in [0, 0.05) is 5.56 Å². The lowest BCUT2D eigenvalue weighted by atomic mass is 9.97. The van der Waals surface area contributed by atoms with Crippen molar-refractivity contribution < 1.29 is 14.3 Å². The highest BCUT2D eigenvalue weighted by atomic mass is 16.7. The first-order valence-electron chi connectivity index (χ1n) is 5.12. The Kier molecular flexibility index (Phi) is 4.36. The van der Waals surface area contributed by atoms with Crippen LogP contribution in [0.25, 0.3) is 0 Å². The summed E-state index contributed by atoms with van der Waals surface area (Å²) in [6.45, 7) is 5.16. The smallest absolute Gasteiger partial charge is 0.430 e. The molecular formula is C14H14O3. The van der Waals surface area contributed by atoms with Gasteiger partial charge in [-0.25, -0.2) is 4.79 Å². The Morgan fingerprint density at radius 2 is 2.18 bits per heavy atom. The molecule has 3 nitrogen and oxygen atoms in total. The van der Waals surface area contributed by atoms with E-state index in [9.17, 15) is 4.79 Å². The first-order valence-corrected chi connectivity index (χ1v) is 5.12. The molecule has 0 aromatic heterocycles. The van der Waals surface area contributed by atoms with Gasteiger partial charge in [0.25, 0.3) is 0 Å². The molecule has 0 saturated carbocycles. The lowest BCUT2D eigenvalue weighted by Crippen LogP contribution is -2.27. The van der Waals surface area contributed by atoms with E-state index in [1.54, 1.807) is 19.1 Å². The molecule has 17 heavy (non-hydrogen) atoms. The first-order chi connectivity index (χ1) is 8.12. The van der Waals surface area contributed by atoms with Crippen LogP contribution in [0.5, 0.6) is 0 Å². The molecule has 1 unspecified atom stereocenters. The fourth-order valence-electron chi connectivity index (χ4n) is 1.25. The van der Waals surface area contributed by atoms with Gasteiger partial charge >= 0.3 is 6.16 Å². The van der Waals surface area contributed by atoms with Crippen LogP contribution < -0.4 is 0 Å². The molecular weight excluding hydrogens is 216 g/mol. The second-order valence-electron chi connectivity index (χ2n) is 3.50. The highest BCUT2D eigenvalue weighted by molar-refractivity contribution is 5.61. The molecule has 0 aliphatic carbocycles. The maximum Gasteiger partial charge on any atom is 0.510 e. The van der Waals surface area contributed by atoms with Crippen LogP contribution in [0.4, 0.5) is 4.79 Å². The molecule has 0 amide bonds. The van der Waals surface area contributed by atoms with Gasteiger partial charge in [0.1, 0.15) is 6.61 Å². The third-order valence-electron chi connectivity index (χ3n) is 2.21. The van der Waals surface area contributed by atoms with Crippen LogP contribution in [0, 0.1) is 12.3 Å². The molecule has 0 aliphatic rings. The van der Waals surface area contributed by atoms with Gasteiger partial charge in [-0.2, -0.15) is 0 Å². The van der Waals surface area contributed by atoms with Crippen molar-refractivity contribution in [1.29, 1.82) is 0 Å². The Hall–Kier alpha value is -2.21. The number of carbonyl (C=O) groups excluding carboxylic acids is 1. The minimum absolute atomic E-state index is 0.0915. The third-order valence-corrected chi connectivity index (χ3v) is 2.21. The van der Waals surface area contributed by atoms with Gasteiger partial charge in [0.05, 0.1) is 0 Å². The highest BCUT2D eigenvalue weighted by Gasteiger charge is 2.29. The number of carbonyl (C=O) groups is 1. The van der Waals surface area contributed by atoms with Gasteiger partial charge in [0.2, 0.25) is 0 Å². The summed E-state index contributed by atoms with van der Waals surface area (Å²) < 4.78 is 9.87. The van der Waals surface area contributed by atoms with Gasteiger partial charge in [0.15, 0.2) is 5.60 Å². The summed E-state index contributed by atoms with van der Waals surface area (Å²) in [6.07, 6.45) is 6.06. The fourth-order valence-corrected chi connectivity index (χ4v) is 1.25. The van der Waals surface area contributed by atoms with Crippen LogP contribution in [0.2, 0.25) is 0 Å². The molecule has 0 saturated heterocycles. The quantitative estimate of drug-likeness (QED) is 0.453. The van der Waals surface area contributed by atoms with E-state index >= 15 is 0 Å². The predicted octanol–water partition coefficient (Wildman–Crippen LogP) is 2.87. The molecule has 1 aromatic carbocycles. The molecule has 1 rings (SSSR count). The van der Waals surface area contributed by atoms with Gasteiger partial charge in [-0.3, -0.25) is 0 Å². The summed E-state index contributed by atoms with van der Waals surface area (Å²) in [5.41, 5.74) is -0.405. The molecule has 0 N–H and O–H groups in total. The predicted molar refractivity (Wildman–Crippen MR) is 65.3 cm³/mol. The Balaban J connectivity index is 2.80. The van der Waals surface area contributed by atoms with Crippen LogP contribution in [0.15, 0.2) is 43.0 Å². The van der Waals surface area contributed by atoms with E-state index in [0.717, 1.165) is 5.56 Å². The maximum atomic E-state index is 11.4. The zero-order valence-electron chi connectivity index (χ0n) is 9.68. The maximum absolute atomic E-state index is 11.4. The molecule has 0 bridgehead atoms. The van der Waals surface area contributed by atoms with Gasteiger partial charge < -0.3 is 9.47 Å². The molecule has 0 heterocycles. The van der Waals surface area contributed by atoms with Crippen LogP contribution in [-0.2, 0) is 15.1 Å². The molecule has 1 aromatic rings. The summed E-state index contributed by atoms with van der Waals surface area (Å²) in [5.74, 6) is 2.45. The van der Waals surface area contributed by atoms with Crippen LogP contribution in [-0.4, -0.2) is 12.8 Å². The summed E-state index contributed by atoms with van der Waals surface area (Å²) in [7, 11) is 0. The molecule has 0 radical (unpaired) electrons. The van der Waals surface area contributed by atoms with Crippen LogP contribution >= 0.6 is 0 Å². The molecule has 1 atom stereocenters.